The Morgan fingerprint density at radius 1 is 1.38 bits per heavy atom. The summed E-state index contributed by atoms with van der Waals surface area (Å²) < 4.78 is 34.0. The number of hydrogen-bond acceptors (Lipinski definition) is 5. The molecule has 1 fully saturated rings. The van der Waals surface area contributed by atoms with Gasteiger partial charge in [-0.3, -0.25) is 4.57 Å². The summed E-state index contributed by atoms with van der Waals surface area (Å²) in [5.74, 6) is -0.480. The monoisotopic (exact) mass is 353 g/mol. The number of fused-ring (bicyclic) bond motifs is 1. The van der Waals surface area contributed by atoms with Crippen molar-refractivity contribution < 1.29 is 12.8 Å². The van der Waals surface area contributed by atoms with E-state index in [1.165, 1.54) is 21.0 Å². The van der Waals surface area contributed by atoms with Crippen LogP contribution in [-0.2, 0) is 16.6 Å². The van der Waals surface area contributed by atoms with Crippen LogP contribution in [0.4, 0.5) is 0 Å². The van der Waals surface area contributed by atoms with Crippen molar-refractivity contribution in [2.45, 2.75) is 44.7 Å². The molecule has 0 radical (unpaired) electrons. The molecule has 1 aromatic heterocycles. The van der Waals surface area contributed by atoms with Crippen molar-refractivity contribution in [2.75, 3.05) is 13.1 Å². The van der Waals surface area contributed by atoms with Gasteiger partial charge in [0.05, 0.1) is 10.4 Å². The first-order valence-corrected chi connectivity index (χ1v) is 9.50. The quantitative estimate of drug-likeness (QED) is 0.898. The van der Waals surface area contributed by atoms with Crippen LogP contribution in [0.3, 0.4) is 0 Å². The number of piperidine rings is 1. The molecule has 1 aliphatic rings. The van der Waals surface area contributed by atoms with Crippen LogP contribution >= 0.6 is 0 Å². The topological polar surface area (TPSA) is 98.5 Å². The van der Waals surface area contributed by atoms with Gasteiger partial charge in [0.15, 0.2) is 5.58 Å². The fourth-order valence-corrected chi connectivity index (χ4v) is 4.83. The Balaban J connectivity index is 2.01. The number of aryl methyl sites for hydroxylation is 1. The number of aromatic nitrogens is 1. The molecule has 1 aromatic carbocycles. The van der Waals surface area contributed by atoms with Crippen LogP contribution in [0.25, 0.3) is 11.1 Å². The second-order valence-corrected chi connectivity index (χ2v) is 8.90. The molecule has 2 N–H and O–H groups in total. The van der Waals surface area contributed by atoms with Crippen molar-refractivity contribution in [3.63, 3.8) is 0 Å². The number of rotatable bonds is 3. The van der Waals surface area contributed by atoms with Gasteiger partial charge in [0.1, 0.15) is 0 Å². The second-order valence-electron chi connectivity index (χ2n) is 6.96. The van der Waals surface area contributed by atoms with E-state index in [-0.39, 0.29) is 21.9 Å². The number of hydrogen-bond donors (Lipinski definition) is 1. The van der Waals surface area contributed by atoms with Gasteiger partial charge < -0.3 is 10.2 Å². The van der Waals surface area contributed by atoms with Crippen molar-refractivity contribution in [3.8, 4) is 0 Å². The molecule has 8 heteroatoms. The lowest BCUT2D eigenvalue weighted by Crippen LogP contribution is -2.53. The van der Waals surface area contributed by atoms with Crippen LogP contribution in [0.15, 0.2) is 32.3 Å². The lowest BCUT2D eigenvalue weighted by Gasteiger charge is -2.41. The summed E-state index contributed by atoms with van der Waals surface area (Å²) in [6.45, 7) is 7.02. The highest BCUT2D eigenvalue weighted by Gasteiger charge is 2.38. The van der Waals surface area contributed by atoms with Crippen LogP contribution in [0.1, 0.15) is 27.2 Å². The van der Waals surface area contributed by atoms with Gasteiger partial charge in [-0.25, -0.2) is 13.2 Å². The first kappa shape index (κ1) is 17.2. The summed E-state index contributed by atoms with van der Waals surface area (Å²) in [5.41, 5.74) is 6.69. The Bertz CT molecular complexity index is 926. The third-order valence-electron chi connectivity index (χ3n) is 4.87. The number of oxazole rings is 1. The average molecular weight is 353 g/mol. The summed E-state index contributed by atoms with van der Waals surface area (Å²) in [5, 5.41) is 0. The Morgan fingerprint density at radius 2 is 2.08 bits per heavy atom. The number of nitrogens with zero attached hydrogens (tertiary/aromatic N) is 2. The first-order chi connectivity index (χ1) is 11.2. The minimum absolute atomic E-state index is 0.0250. The van der Waals surface area contributed by atoms with Crippen molar-refractivity contribution >= 4 is 21.1 Å². The Morgan fingerprint density at radius 3 is 2.71 bits per heavy atom. The van der Waals surface area contributed by atoms with E-state index in [1.54, 1.807) is 6.07 Å². The molecule has 0 aliphatic carbocycles. The van der Waals surface area contributed by atoms with E-state index >= 15 is 0 Å². The van der Waals surface area contributed by atoms with Crippen LogP contribution < -0.4 is 11.5 Å². The molecular formula is C16H23N3O4S. The zero-order valence-corrected chi connectivity index (χ0v) is 15.0. The maximum atomic E-state index is 12.9. The number of benzene rings is 1. The van der Waals surface area contributed by atoms with Crippen molar-refractivity contribution in [3.05, 3.63) is 28.7 Å². The van der Waals surface area contributed by atoms with Gasteiger partial charge >= 0.3 is 5.76 Å². The van der Waals surface area contributed by atoms with Gasteiger partial charge in [0, 0.05) is 31.7 Å². The predicted octanol–water partition coefficient (Wildman–Crippen LogP) is 1.36. The van der Waals surface area contributed by atoms with Gasteiger partial charge in [0.25, 0.3) is 0 Å². The molecule has 2 aromatic rings. The normalized spacial score (nSPS) is 22.1. The molecule has 7 nitrogen and oxygen atoms in total. The summed E-state index contributed by atoms with van der Waals surface area (Å²) in [4.78, 5) is 11.9. The van der Waals surface area contributed by atoms with Crippen LogP contribution in [0.2, 0.25) is 0 Å². The first-order valence-electron chi connectivity index (χ1n) is 8.06. The SMILES string of the molecule is CCn1c(=O)oc2cc(S(=O)(=O)N3CCC(N)C(C)(C)C3)ccc21. The highest BCUT2D eigenvalue weighted by molar-refractivity contribution is 7.89. The molecule has 1 unspecified atom stereocenters. The van der Waals surface area contributed by atoms with E-state index < -0.39 is 15.8 Å². The third kappa shape index (κ3) is 2.68. The van der Waals surface area contributed by atoms with E-state index in [0.29, 0.717) is 31.6 Å². The minimum atomic E-state index is -3.65. The zero-order chi connectivity index (χ0) is 17.7. The average Bonchev–Trinajstić information content (AvgIpc) is 2.83. The zero-order valence-electron chi connectivity index (χ0n) is 14.2. The van der Waals surface area contributed by atoms with Crippen molar-refractivity contribution in [1.29, 1.82) is 0 Å². The van der Waals surface area contributed by atoms with Crippen molar-refractivity contribution in [1.82, 2.24) is 8.87 Å². The largest absolute Gasteiger partial charge is 0.419 e. The molecule has 3 rings (SSSR count). The standard InChI is InChI=1S/C16H23N3O4S/c1-4-19-12-6-5-11(9-13(12)23-15(19)20)24(21,22)18-8-7-14(17)16(2,3)10-18/h5-6,9,14H,4,7-8,10,17H2,1-3H3. The van der Waals surface area contributed by atoms with Crippen LogP contribution in [-0.4, -0.2) is 36.4 Å². The molecule has 1 saturated heterocycles. The van der Waals surface area contributed by atoms with Gasteiger partial charge in [-0.2, -0.15) is 4.31 Å². The smallest absolute Gasteiger partial charge is 0.408 e. The Hall–Kier alpha value is -1.64. The molecule has 0 saturated carbocycles. The minimum Gasteiger partial charge on any atom is -0.408 e. The number of sulfonamides is 1. The molecule has 1 aliphatic heterocycles. The van der Waals surface area contributed by atoms with E-state index in [2.05, 4.69) is 0 Å². The van der Waals surface area contributed by atoms with E-state index in [0.717, 1.165) is 0 Å². The second kappa shape index (κ2) is 5.72. The van der Waals surface area contributed by atoms with E-state index in [4.69, 9.17) is 10.2 Å². The highest BCUT2D eigenvalue weighted by atomic mass is 32.2. The predicted molar refractivity (Wildman–Crippen MR) is 91.3 cm³/mol. The molecule has 0 spiro atoms. The van der Waals surface area contributed by atoms with E-state index in [1.807, 2.05) is 20.8 Å². The van der Waals surface area contributed by atoms with Gasteiger partial charge in [-0.15, -0.1) is 0 Å². The lowest BCUT2D eigenvalue weighted by molar-refractivity contribution is 0.155. The Labute approximate surface area is 141 Å². The van der Waals surface area contributed by atoms with Crippen LogP contribution in [0, 0.1) is 5.41 Å². The van der Waals surface area contributed by atoms with Gasteiger partial charge in [-0.1, -0.05) is 13.8 Å². The highest BCUT2D eigenvalue weighted by Crippen LogP contribution is 2.31. The van der Waals surface area contributed by atoms with E-state index in [9.17, 15) is 13.2 Å². The molecule has 132 valence electrons. The summed E-state index contributed by atoms with van der Waals surface area (Å²) in [6, 6.07) is 4.56. The van der Waals surface area contributed by atoms with Crippen LogP contribution in [0.5, 0.6) is 0 Å². The lowest BCUT2D eigenvalue weighted by atomic mass is 9.81. The fraction of sp³-hybridized carbons (Fsp3) is 0.562. The summed E-state index contributed by atoms with van der Waals surface area (Å²) >= 11 is 0. The van der Waals surface area contributed by atoms with Crippen molar-refractivity contribution in [2.24, 2.45) is 11.1 Å². The summed E-state index contributed by atoms with van der Waals surface area (Å²) in [7, 11) is -3.65. The molecular weight excluding hydrogens is 330 g/mol. The molecule has 0 amide bonds. The molecule has 0 bridgehead atoms. The number of nitrogens with two attached hydrogens (primary N) is 1. The van der Waals surface area contributed by atoms with Gasteiger partial charge in [-0.05, 0) is 30.9 Å². The summed E-state index contributed by atoms with van der Waals surface area (Å²) in [6.07, 6.45) is 0.621. The fourth-order valence-electron chi connectivity index (χ4n) is 3.19. The maximum absolute atomic E-state index is 12.9. The van der Waals surface area contributed by atoms with Gasteiger partial charge in [0.2, 0.25) is 10.0 Å². The maximum Gasteiger partial charge on any atom is 0.419 e. The third-order valence-corrected chi connectivity index (χ3v) is 6.71. The molecule has 24 heavy (non-hydrogen) atoms. The molecule has 1 atom stereocenters. The Kier molecular flexibility index (Phi) is 4.09. The molecule has 2 heterocycles.